The normalized spacial score (nSPS) is 11.6. The molecule has 0 bridgehead atoms. The van der Waals surface area contributed by atoms with Crippen LogP contribution in [0.15, 0.2) is 39.9 Å². The highest BCUT2D eigenvalue weighted by atomic mass is 16.5. The number of aromatic nitrogens is 2. The summed E-state index contributed by atoms with van der Waals surface area (Å²) in [7, 11) is 1.51. The van der Waals surface area contributed by atoms with Crippen LogP contribution in [0.3, 0.4) is 0 Å². The number of H-pyrrole nitrogens is 1. The fraction of sp³-hybridized carbons (Fsp3) is 0.333. The molecule has 2 rings (SSSR count). The topological polar surface area (TPSA) is 84.3 Å². The fourth-order valence-electron chi connectivity index (χ4n) is 2.37. The first kappa shape index (κ1) is 15.1. The van der Waals surface area contributed by atoms with Crippen molar-refractivity contribution in [2.45, 2.75) is 19.4 Å². The van der Waals surface area contributed by atoms with Gasteiger partial charge in [0.2, 0.25) is 5.88 Å². The molecule has 0 radical (unpaired) electrons. The van der Waals surface area contributed by atoms with E-state index in [1.807, 2.05) is 0 Å². The lowest BCUT2D eigenvalue weighted by molar-refractivity contribution is 0.100. The number of ether oxygens (including phenoxy) is 1. The Morgan fingerprint density at radius 1 is 1.24 bits per heavy atom. The van der Waals surface area contributed by atoms with E-state index in [-0.39, 0.29) is 18.1 Å². The molecule has 112 valence electrons. The van der Waals surface area contributed by atoms with Crippen LogP contribution in [0.1, 0.15) is 13.8 Å². The third-order valence-corrected chi connectivity index (χ3v) is 3.25. The fourth-order valence-corrected chi connectivity index (χ4v) is 2.37. The number of aromatic amines is 1. The first-order valence-corrected chi connectivity index (χ1v) is 6.51. The largest absolute Gasteiger partial charge is 0.494 e. The first-order valence-electron chi connectivity index (χ1n) is 6.51. The molecule has 0 spiro atoms. The first-order chi connectivity index (χ1) is 9.88. The number of nitrogens with one attached hydrogen (secondary N) is 1. The van der Waals surface area contributed by atoms with Crippen molar-refractivity contribution in [3.05, 3.63) is 51.2 Å². The van der Waals surface area contributed by atoms with E-state index in [0.717, 1.165) is 4.57 Å². The maximum absolute atomic E-state index is 12.1. The highest BCUT2D eigenvalue weighted by Gasteiger charge is 2.27. The van der Waals surface area contributed by atoms with Gasteiger partial charge < -0.3 is 9.84 Å². The average molecular weight is 290 g/mol. The van der Waals surface area contributed by atoms with Crippen LogP contribution in [0, 0.1) is 0 Å². The molecule has 0 aliphatic carbocycles. The summed E-state index contributed by atoms with van der Waals surface area (Å²) < 4.78 is 6.22. The van der Waals surface area contributed by atoms with Crippen LogP contribution in [0.4, 0.5) is 0 Å². The van der Waals surface area contributed by atoms with E-state index in [4.69, 9.17) is 4.74 Å². The minimum atomic E-state index is -0.802. The van der Waals surface area contributed by atoms with E-state index in [0.29, 0.717) is 5.56 Å². The third kappa shape index (κ3) is 2.75. The van der Waals surface area contributed by atoms with Gasteiger partial charge >= 0.3 is 5.69 Å². The zero-order chi connectivity index (χ0) is 15.6. The molecule has 2 N–H and O–H groups in total. The summed E-state index contributed by atoms with van der Waals surface area (Å²) in [6.07, 6.45) is 0. The van der Waals surface area contributed by atoms with Gasteiger partial charge in [-0.05, 0) is 19.4 Å². The monoisotopic (exact) mass is 290 g/mol. The number of hydrogen-bond donors (Lipinski definition) is 2. The standard InChI is InChI=1S/C15H18N2O4/c1-15(2,9-21-3)17-13(19)11(12(18)16-14(17)20)10-7-5-4-6-8-10/h4-8,19H,9H2,1-3H3,(H,16,18,20). The van der Waals surface area contributed by atoms with Crippen molar-refractivity contribution in [1.82, 2.24) is 9.55 Å². The summed E-state index contributed by atoms with van der Waals surface area (Å²) in [5.74, 6) is -0.364. The van der Waals surface area contributed by atoms with Gasteiger partial charge in [0.15, 0.2) is 0 Å². The van der Waals surface area contributed by atoms with E-state index < -0.39 is 16.8 Å². The van der Waals surface area contributed by atoms with E-state index in [1.54, 1.807) is 44.2 Å². The lowest BCUT2D eigenvalue weighted by Crippen LogP contribution is -2.43. The zero-order valence-electron chi connectivity index (χ0n) is 12.2. The molecule has 2 aromatic rings. The van der Waals surface area contributed by atoms with Gasteiger partial charge in [-0.15, -0.1) is 0 Å². The molecule has 6 nitrogen and oxygen atoms in total. The molecular formula is C15H18N2O4. The van der Waals surface area contributed by atoms with Crippen LogP contribution < -0.4 is 11.2 Å². The van der Waals surface area contributed by atoms with E-state index in [9.17, 15) is 14.7 Å². The van der Waals surface area contributed by atoms with Crippen LogP contribution >= 0.6 is 0 Å². The van der Waals surface area contributed by atoms with Crippen molar-refractivity contribution in [3.8, 4) is 17.0 Å². The minimum Gasteiger partial charge on any atom is -0.494 e. The van der Waals surface area contributed by atoms with Crippen molar-refractivity contribution in [3.63, 3.8) is 0 Å². The van der Waals surface area contributed by atoms with Crippen molar-refractivity contribution in [1.29, 1.82) is 0 Å². The molecule has 0 atom stereocenters. The Labute approximate surface area is 121 Å². The van der Waals surface area contributed by atoms with Gasteiger partial charge in [0.25, 0.3) is 5.56 Å². The Bertz CT molecular complexity index is 745. The van der Waals surface area contributed by atoms with Gasteiger partial charge in [-0.3, -0.25) is 14.3 Å². The lowest BCUT2D eigenvalue weighted by Gasteiger charge is -2.27. The summed E-state index contributed by atoms with van der Waals surface area (Å²) in [4.78, 5) is 26.3. The molecule has 0 amide bonds. The summed E-state index contributed by atoms with van der Waals surface area (Å²) in [5.41, 5.74) is -1.48. The number of benzene rings is 1. The summed E-state index contributed by atoms with van der Waals surface area (Å²) in [5, 5.41) is 10.5. The predicted octanol–water partition coefficient (Wildman–Crippen LogP) is 1.29. The second kappa shape index (κ2) is 5.57. The number of aromatic hydroxyl groups is 1. The number of methoxy groups -OCH3 is 1. The Balaban J connectivity index is 2.76. The molecule has 21 heavy (non-hydrogen) atoms. The van der Waals surface area contributed by atoms with Gasteiger partial charge in [-0.1, -0.05) is 30.3 Å². The van der Waals surface area contributed by atoms with Crippen LogP contribution in [-0.4, -0.2) is 28.4 Å². The number of nitrogens with zero attached hydrogens (tertiary/aromatic N) is 1. The van der Waals surface area contributed by atoms with Gasteiger partial charge in [0.1, 0.15) is 5.56 Å². The SMILES string of the molecule is COCC(C)(C)n1c(O)c(-c2ccccc2)c(=O)[nH]c1=O. The highest BCUT2D eigenvalue weighted by molar-refractivity contribution is 5.67. The van der Waals surface area contributed by atoms with Crippen molar-refractivity contribution in [2.75, 3.05) is 13.7 Å². The molecule has 1 aromatic heterocycles. The molecule has 1 aromatic carbocycles. The van der Waals surface area contributed by atoms with Crippen molar-refractivity contribution < 1.29 is 9.84 Å². The Kier molecular flexibility index (Phi) is 3.99. The molecule has 6 heteroatoms. The molecule has 0 saturated heterocycles. The highest BCUT2D eigenvalue weighted by Crippen LogP contribution is 2.27. The summed E-state index contributed by atoms with van der Waals surface area (Å²) >= 11 is 0. The second-order valence-corrected chi connectivity index (χ2v) is 5.40. The van der Waals surface area contributed by atoms with Gasteiger partial charge in [-0.25, -0.2) is 4.79 Å². The second-order valence-electron chi connectivity index (χ2n) is 5.40. The van der Waals surface area contributed by atoms with Crippen LogP contribution in [0.5, 0.6) is 5.88 Å². The van der Waals surface area contributed by atoms with E-state index in [2.05, 4.69) is 4.98 Å². The maximum atomic E-state index is 12.1. The van der Waals surface area contributed by atoms with Crippen molar-refractivity contribution >= 4 is 0 Å². The molecular weight excluding hydrogens is 272 g/mol. The summed E-state index contributed by atoms with van der Waals surface area (Å²) in [6.45, 7) is 3.69. The molecule has 1 heterocycles. The Morgan fingerprint density at radius 3 is 2.43 bits per heavy atom. The van der Waals surface area contributed by atoms with Gasteiger partial charge in [-0.2, -0.15) is 0 Å². The van der Waals surface area contributed by atoms with E-state index >= 15 is 0 Å². The average Bonchev–Trinajstić information content (AvgIpc) is 2.38. The molecule has 0 fully saturated rings. The third-order valence-electron chi connectivity index (χ3n) is 3.25. The Morgan fingerprint density at radius 2 is 1.86 bits per heavy atom. The molecule has 0 aliphatic rings. The zero-order valence-corrected chi connectivity index (χ0v) is 12.2. The summed E-state index contributed by atoms with van der Waals surface area (Å²) in [6, 6.07) is 8.71. The van der Waals surface area contributed by atoms with Gasteiger partial charge in [0.05, 0.1) is 12.1 Å². The van der Waals surface area contributed by atoms with Gasteiger partial charge in [0, 0.05) is 7.11 Å². The number of rotatable bonds is 4. The number of hydrogen-bond acceptors (Lipinski definition) is 4. The van der Waals surface area contributed by atoms with Crippen LogP contribution in [0.25, 0.3) is 11.1 Å². The molecule has 0 aliphatic heterocycles. The van der Waals surface area contributed by atoms with Crippen LogP contribution in [0.2, 0.25) is 0 Å². The smallest absolute Gasteiger partial charge is 0.331 e. The lowest BCUT2D eigenvalue weighted by atomic mass is 10.0. The molecule has 0 saturated carbocycles. The van der Waals surface area contributed by atoms with E-state index in [1.165, 1.54) is 7.11 Å². The van der Waals surface area contributed by atoms with Crippen LogP contribution in [-0.2, 0) is 10.3 Å². The molecule has 0 unspecified atom stereocenters. The predicted molar refractivity (Wildman–Crippen MR) is 79.6 cm³/mol. The Hall–Kier alpha value is -2.34. The quantitative estimate of drug-likeness (QED) is 0.888. The van der Waals surface area contributed by atoms with Crippen molar-refractivity contribution in [2.24, 2.45) is 0 Å². The minimum absolute atomic E-state index is 0.0689. The maximum Gasteiger partial charge on any atom is 0.331 e.